The zero-order valence-electron chi connectivity index (χ0n) is 13.0. The molecule has 1 fully saturated rings. The summed E-state index contributed by atoms with van der Waals surface area (Å²) in [5.74, 6) is 1.83. The number of ether oxygens (including phenoxy) is 1. The lowest BCUT2D eigenvalue weighted by Gasteiger charge is -2.28. The van der Waals surface area contributed by atoms with Crippen molar-refractivity contribution >= 4 is 17.9 Å². The number of hydrogen-bond donors (Lipinski definition) is 0. The molecule has 1 aliphatic rings. The molecule has 0 N–H and O–H groups in total. The Labute approximate surface area is 131 Å². The minimum Gasteiger partial charge on any atom is -0.444 e. The fraction of sp³-hybridized carbons (Fsp3) is 0.625. The zero-order valence-corrected chi connectivity index (χ0v) is 13.9. The van der Waals surface area contributed by atoms with Crippen molar-refractivity contribution in [2.75, 3.05) is 12.3 Å². The Morgan fingerprint density at radius 3 is 2.95 bits per heavy atom. The fourth-order valence-corrected chi connectivity index (χ4v) is 3.47. The van der Waals surface area contributed by atoms with Gasteiger partial charge in [0.2, 0.25) is 0 Å². The predicted octanol–water partition coefficient (Wildman–Crippen LogP) is 3.71. The van der Waals surface area contributed by atoms with Gasteiger partial charge in [0.1, 0.15) is 5.60 Å². The number of carbonyl (C=O) groups excluding carboxylic acids is 1. The molecule has 1 saturated heterocycles. The topological polar surface area (TPSA) is 42.4 Å². The van der Waals surface area contributed by atoms with Crippen molar-refractivity contribution in [1.29, 1.82) is 0 Å². The smallest absolute Gasteiger partial charge is 0.410 e. The summed E-state index contributed by atoms with van der Waals surface area (Å²) in [5.41, 5.74) is 0.662. The second-order valence-corrected chi connectivity index (χ2v) is 7.34. The van der Waals surface area contributed by atoms with Crippen LogP contribution in [0.25, 0.3) is 0 Å². The Morgan fingerprint density at radius 2 is 2.29 bits per heavy atom. The first-order chi connectivity index (χ1) is 9.96. The zero-order chi connectivity index (χ0) is 15.3. The van der Waals surface area contributed by atoms with Crippen molar-refractivity contribution in [1.82, 2.24) is 9.88 Å². The molecule has 1 atom stereocenters. The fourth-order valence-electron chi connectivity index (χ4n) is 2.35. The Balaban J connectivity index is 1.80. The molecule has 0 aromatic carbocycles. The molecule has 0 saturated carbocycles. The van der Waals surface area contributed by atoms with Gasteiger partial charge in [-0.25, -0.2) is 4.79 Å². The van der Waals surface area contributed by atoms with E-state index in [2.05, 4.69) is 4.98 Å². The molecule has 2 heterocycles. The third-order valence-electron chi connectivity index (χ3n) is 3.29. The van der Waals surface area contributed by atoms with Crippen LogP contribution in [0.5, 0.6) is 0 Å². The number of pyridine rings is 1. The molecule has 1 aromatic rings. The molecule has 0 spiro atoms. The van der Waals surface area contributed by atoms with E-state index in [1.54, 1.807) is 0 Å². The molecule has 1 amide bonds. The number of likely N-dealkylation sites (tertiary alicyclic amines) is 1. The molecule has 116 valence electrons. The lowest BCUT2D eigenvalue weighted by atomic mass is 10.2. The van der Waals surface area contributed by atoms with Crippen molar-refractivity contribution < 1.29 is 9.53 Å². The average Bonchev–Trinajstić information content (AvgIpc) is 2.86. The minimum atomic E-state index is -0.425. The predicted molar refractivity (Wildman–Crippen MR) is 86.4 cm³/mol. The number of hydrogen-bond acceptors (Lipinski definition) is 4. The lowest BCUT2D eigenvalue weighted by molar-refractivity contribution is 0.0242. The molecular weight excluding hydrogens is 284 g/mol. The summed E-state index contributed by atoms with van der Waals surface area (Å²) in [4.78, 5) is 18.4. The van der Waals surface area contributed by atoms with E-state index in [9.17, 15) is 4.79 Å². The van der Waals surface area contributed by atoms with E-state index in [0.717, 1.165) is 36.6 Å². The minimum absolute atomic E-state index is 0.177. The van der Waals surface area contributed by atoms with Crippen molar-refractivity contribution in [3.05, 3.63) is 30.1 Å². The van der Waals surface area contributed by atoms with Crippen LogP contribution < -0.4 is 0 Å². The maximum absolute atomic E-state index is 12.2. The van der Waals surface area contributed by atoms with Gasteiger partial charge in [-0.1, -0.05) is 6.07 Å². The molecular formula is C16H24N2O2S. The lowest BCUT2D eigenvalue weighted by Crippen LogP contribution is -2.40. The van der Waals surface area contributed by atoms with Gasteiger partial charge in [0.15, 0.2) is 0 Å². The van der Waals surface area contributed by atoms with Gasteiger partial charge >= 0.3 is 6.09 Å². The van der Waals surface area contributed by atoms with Crippen LogP contribution in [-0.2, 0) is 10.5 Å². The second kappa shape index (κ2) is 7.16. The highest BCUT2D eigenvalue weighted by Gasteiger charge is 2.31. The largest absolute Gasteiger partial charge is 0.444 e. The van der Waals surface area contributed by atoms with Gasteiger partial charge in [-0.15, -0.1) is 0 Å². The van der Waals surface area contributed by atoms with Crippen molar-refractivity contribution in [2.24, 2.45) is 0 Å². The van der Waals surface area contributed by atoms with Crippen LogP contribution in [-0.4, -0.2) is 39.9 Å². The van der Waals surface area contributed by atoms with Crippen LogP contribution in [0.4, 0.5) is 4.79 Å². The highest BCUT2D eigenvalue weighted by molar-refractivity contribution is 7.98. The van der Waals surface area contributed by atoms with Crippen LogP contribution >= 0.6 is 11.8 Å². The molecule has 2 rings (SSSR count). The summed E-state index contributed by atoms with van der Waals surface area (Å²) in [5, 5.41) is 0. The van der Waals surface area contributed by atoms with Gasteiger partial charge in [0.05, 0.1) is 5.69 Å². The molecule has 1 aliphatic heterocycles. The molecule has 4 nitrogen and oxygen atoms in total. The first kappa shape index (κ1) is 16.1. The number of amides is 1. The van der Waals surface area contributed by atoms with E-state index < -0.39 is 5.60 Å². The van der Waals surface area contributed by atoms with Gasteiger partial charge in [-0.2, -0.15) is 11.8 Å². The van der Waals surface area contributed by atoms with Crippen molar-refractivity contribution in [2.45, 2.75) is 51.0 Å². The van der Waals surface area contributed by atoms with Crippen LogP contribution in [0.15, 0.2) is 24.4 Å². The highest BCUT2D eigenvalue weighted by Crippen LogP contribution is 2.24. The molecule has 5 heteroatoms. The second-order valence-electron chi connectivity index (χ2n) is 6.31. The van der Waals surface area contributed by atoms with Crippen molar-refractivity contribution in [3.8, 4) is 0 Å². The first-order valence-electron chi connectivity index (χ1n) is 7.43. The van der Waals surface area contributed by atoms with Gasteiger partial charge in [0.25, 0.3) is 0 Å². The van der Waals surface area contributed by atoms with Crippen LogP contribution in [0.2, 0.25) is 0 Å². The quantitative estimate of drug-likeness (QED) is 0.850. The third kappa shape index (κ3) is 5.23. The first-order valence-corrected chi connectivity index (χ1v) is 8.58. The molecule has 21 heavy (non-hydrogen) atoms. The summed E-state index contributed by atoms with van der Waals surface area (Å²) < 4.78 is 5.48. The maximum atomic E-state index is 12.2. The molecule has 0 bridgehead atoms. The summed E-state index contributed by atoms with van der Waals surface area (Å²) in [6.45, 7) is 6.53. The van der Waals surface area contributed by atoms with Crippen LogP contribution in [0.1, 0.15) is 39.3 Å². The standard InChI is InChI=1S/C16H24N2O2S/c1-16(2,3)20-15(19)18-10-6-8-14(18)12-21-11-13-7-4-5-9-17-13/h4-5,7,9,14H,6,8,10-12H2,1-3H3. The highest BCUT2D eigenvalue weighted by atomic mass is 32.2. The van der Waals surface area contributed by atoms with Gasteiger partial charge < -0.3 is 9.64 Å². The van der Waals surface area contributed by atoms with E-state index in [0.29, 0.717) is 0 Å². The summed E-state index contributed by atoms with van der Waals surface area (Å²) >= 11 is 1.83. The number of rotatable bonds is 4. The third-order valence-corrected chi connectivity index (χ3v) is 4.41. The van der Waals surface area contributed by atoms with Crippen LogP contribution in [0.3, 0.4) is 0 Å². The summed E-state index contributed by atoms with van der Waals surface area (Å²) in [6, 6.07) is 6.25. The summed E-state index contributed by atoms with van der Waals surface area (Å²) in [7, 11) is 0. The Hall–Kier alpha value is -1.23. The normalized spacial score (nSPS) is 18.8. The Morgan fingerprint density at radius 1 is 1.48 bits per heavy atom. The van der Waals surface area contributed by atoms with Crippen molar-refractivity contribution in [3.63, 3.8) is 0 Å². The number of carbonyl (C=O) groups is 1. The van der Waals surface area contributed by atoms with E-state index >= 15 is 0 Å². The Bertz CT molecular complexity index is 459. The van der Waals surface area contributed by atoms with Crippen LogP contribution in [0, 0.1) is 0 Å². The SMILES string of the molecule is CC(C)(C)OC(=O)N1CCCC1CSCc1ccccn1. The van der Waals surface area contributed by atoms with Gasteiger partial charge in [-0.05, 0) is 45.7 Å². The molecule has 0 radical (unpaired) electrons. The molecule has 0 aliphatic carbocycles. The molecule has 1 aromatic heterocycles. The van der Waals surface area contributed by atoms with E-state index in [1.165, 1.54) is 0 Å². The number of nitrogens with zero attached hydrogens (tertiary/aromatic N) is 2. The van der Waals surface area contributed by atoms with E-state index in [1.807, 2.05) is 61.8 Å². The van der Waals surface area contributed by atoms with Gasteiger partial charge in [-0.3, -0.25) is 4.98 Å². The summed E-state index contributed by atoms with van der Waals surface area (Å²) in [6.07, 6.45) is 3.77. The number of thioether (sulfide) groups is 1. The monoisotopic (exact) mass is 308 g/mol. The average molecular weight is 308 g/mol. The molecule has 1 unspecified atom stereocenters. The van der Waals surface area contributed by atoms with E-state index in [-0.39, 0.29) is 12.1 Å². The Kier molecular flexibility index (Phi) is 5.51. The van der Waals surface area contributed by atoms with Gasteiger partial charge in [0, 0.05) is 30.3 Å². The van der Waals surface area contributed by atoms with E-state index in [4.69, 9.17) is 4.74 Å². The number of aromatic nitrogens is 1. The maximum Gasteiger partial charge on any atom is 0.410 e.